The number of rotatable bonds is 4. The highest BCUT2D eigenvalue weighted by molar-refractivity contribution is 5.95. The number of anilines is 1. The number of hydrogen-bond donors (Lipinski definition) is 3. The van der Waals surface area contributed by atoms with Crippen molar-refractivity contribution in [2.24, 2.45) is 0 Å². The summed E-state index contributed by atoms with van der Waals surface area (Å²) in [6.45, 7) is 3.06. The van der Waals surface area contributed by atoms with Crippen LogP contribution in [0.1, 0.15) is 30.6 Å². The van der Waals surface area contributed by atoms with E-state index in [0.29, 0.717) is 6.42 Å². The molecule has 0 heterocycles. The van der Waals surface area contributed by atoms with Crippen molar-refractivity contribution in [1.82, 2.24) is 5.32 Å². The molecule has 0 aliphatic heterocycles. The van der Waals surface area contributed by atoms with Gasteiger partial charge in [0.2, 0.25) is 0 Å². The number of nitrogens with one attached hydrogen (secondary N) is 1. The second-order valence-electron chi connectivity index (χ2n) is 4.38. The van der Waals surface area contributed by atoms with Gasteiger partial charge in [0, 0.05) is 0 Å². The van der Waals surface area contributed by atoms with Crippen LogP contribution in [-0.4, -0.2) is 23.2 Å². The third kappa shape index (κ3) is 2.95. The quantitative estimate of drug-likeness (QED) is 0.715. The molecule has 0 aromatic heterocycles. The molecule has 1 rings (SSSR count). The van der Waals surface area contributed by atoms with Gasteiger partial charge in [-0.1, -0.05) is 6.92 Å². The van der Waals surface area contributed by atoms with Gasteiger partial charge in [-0.15, -0.1) is 0 Å². The predicted octanol–water partition coefficient (Wildman–Crippen LogP) is 1.44. The number of halogens is 2. The second-order valence-corrected chi connectivity index (χ2v) is 4.38. The van der Waals surface area contributed by atoms with Crippen molar-refractivity contribution in [3.8, 4) is 0 Å². The maximum Gasteiger partial charge on any atom is 0.254 e. The molecule has 0 fully saturated rings. The van der Waals surface area contributed by atoms with Crippen LogP contribution in [0.15, 0.2) is 12.1 Å². The first-order chi connectivity index (χ1) is 8.33. The van der Waals surface area contributed by atoms with E-state index in [4.69, 9.17) is 10.8 Å². The van der Waals surface area contributed by atoms with Crippen molar-refractivity contribution in [2.75, 3.05) is 12.3 Å². The van der Waals surface area contributed by atoms with E-state index in [1.807, 2.05) is 0 Å². The summed E-state index contributed by atoms with van der Waals surface area (Å²) in [5.41, 5.74) is 3.46. The van der Waals surface area contributed by atoms with Gasteiger partial charge in [0.05, 0.1) is 23.4 Å². The number of benzene rings is 1. The minimum atomic E-state index is -0.967. The SMILES string of the molecule is CCC(C)(CO)NC(=O)c1cc(F)cc(N)c1F. The maximum atomic E-state index is 13.6. The summed E-state index contributed by atoms with van der Waals surface area (Å²) in [6.07, 6.45) is 0.446. The molecule has 4 nitrogen and oxygen atoms in total. The number of nitrogens with two attached hydrogens (primary N) is 1. The molecule has 4 N–H and O–H groups in total. The van der Waals surface area contributed by atoms with Crippen molar-refractivity contribution in [1.29, 1.82) is 0 Å². The van der Waals surface area contributed by atoms with Crippen LogP contribution >= 0.6 is 0 Å². The van der Waals surface area contributed by atoms with Gasteiger partial charge in [-0.2, -0.15) is 0 Å². The fraction of sp³-hybridized carbons (Fsp3) is 0.417. The lowest BCUT2D eigenvalue weighted by Crippen LogP contribution is -2.48. The Morgan fingerprint density at radius 2 is 2.11 bits per heavy atom. The average molecular weight is 258 g/mol. The molecule has 0 saturated carbocycles. The smallest absolute Gasteiger partial charge is 0.254 e. The number of nitrogen functional groups attached to an aromatic ring is 1. The van der Waals surface area contributed by atoms with Gasteiger partial charge in [0.1, 0.15) is 5.82 Å². The molecular formula is C12H16F2N2O2. The van der Waals surface area contributed by atoms with Crippen molar-refractivity contribution in [2.45, 2.75) is 25.8 Å². The lowest BCUT2D eigenvalue weighted by atomic mass is 9.99. The molecule has 0 saturated heterocycles. The van der Waals surface area contributed by atoms with Crippen LogP contribution in [0.4, 0.5) is 14.5 Å². The van der Waals surface area contributed by atoms with Crippen molar-refractivity contribution < 1.29 is 18.7 Å². The van der Waals surface area contributed by atoms with Crippen molar-refractivity contribution in [3.05, 3.63) is 29.3 Å². The Morgan fingerprint density at radius 1 is 1.50 bits per heavy atom. The van der Waals surface area contributed by atoms with Crippen LogP contribution < -0.4 is 11.1 Å². The Morgan fingerprint density at radius 3 is 2.61 bits per heavy atom. The molecular weight excluding hydrogens is 242 g/mol. The number of carbonyl (C=O) groups excluding carboxylic acids is 1. The van der Waals surface area contributed by atoms with E-state index >= 15 is 0 Å². The second kappa shape index (κ2) is 5.30. The molecule has 1 aromatic rings. The molecule has 0 aliphatic carbocycles. The maximum absolute atomic E-state index is 13.6. The van der Waals surface area contributed by atoms with E-state index in [1.54, 1.807) is 13.8 Å². The molecule has 18 heavy (non-hydrogen) atoms. The molecule has 0 radical (unpaired) electrons. The topological polar surface area (TPSA) is 75.3 Å². The summed E-state index contributed by atoms with van der Waals surface area (Å²) < 4.78 is 26.7. The molecule has 100 valence electrons. The zero-order chi connectivity index (χ0) is 13.9. The van der Waals surface area contributed by atoms with Gasteiger partial charge in [-0.05, 0) is 25.5 Å². The lowest BCUT2D eigenvalue weighted by molar-refractivity contribution is 0.0843. The van der Waals surface area contributed by atoms with Gasteiger partial charge < -0.3 is 16.2 Å². The van der Waals surface area contributed by atoms with Gasteiger partial charge in [0.15, 0.2) is 5.82 Å². The van der Waals surface area contributed by atoms with E-state index in [0.717, 1.165) is 12.1 Å². The van der Waals surface area contributed by atoms with Crippen LogP contribution in [0.25, 0.3) is 0 Å². The number of hydrogen-bond acceptors (Lipinski definition) is 3. The molecule has 1 unspecified atom stereocenters. The van der Waals surface area contributed by atoms with E-state index < -0.39 is 34.3 Å². The Kier molecular flexibility index (Phi) is 4.24. The van der Waals surface area contributed by atoms with Crippen LogP contribution in [0, 0.1) is 11.6 Å². The summed E-state index contributed by atoms with van der Waals surface area (Å²) in [4.78, 5) is 11.8. The van der Waals surface area contributed by atoms with E-state index in [2.05, 4.69) is 5.32 Å². The molecule has 0 bridgehead atoms. The minimum Gasteiger partial charge on any atom is -0.396 e. The molecule has 1 atom stereocenters. The van der Waals surface area contributed by atoms with Crippen molar-refractivity contribution in [3.63, 3.8) is 0 Å². The van der Waals surface area contributed by atoms with E-state index in [-0.39, 0.29) is 6.61 Å². The third-order valence-electron chi connectivity index (χ3n) is 2.85. The number of aliphatic hydroxyl groups is 1. The third-order valence-corrected chi connectivity index (χ3v) is 2.85. The standard InChI is InChI=1S/C12H16F2N2O2/c1-3-12(2,6-17)16-11(18)8-4-7(13)5-9(15)10(8)14/h4-5,17H,3,6,15H2,1-2H3,(H,16,18). The summed E-state index contributed by atoms with van der Waals surface area (Å²) in [6, 6.07) is 1.58. The van der Waals surface area contributed by atoms with Crippen LogP contribution in [0.5, 0.6) is 0 Å². The first-order valence-electron chi connectivity index (χ1n) is 5.51. The predicted molar refractivity (Wildman–Crippen MR) is 64.0 cm³/mol. The molecule has 1 amide bonds. The van der Waals surface area contributed by atoms with Gasteiger partial charge in [0.25, 0.3) is 5.91 Å². The highest BCUT2D eigenvalue weighted by Crippen LogP contribution is 2.18. The highest BCUT2D eigenvalue weighted by Gasteiger charge is 2.26. The fourth-order valence-corrected chi connectivity index (χ4v) is 1.36. The Hall–Kier alpha value is -1.69. The summed E-state index contributed by atoms with van der Waals surface area (Å²) in [7, 11) is 0. The van der Waals surface area contributed by atoms with Gasteiger partial charge >= 0.3 is 0 Å². The van der Waals surface area contributed by atoms with Gasteiger partial charge in [-0.25, -0.2) is 8.78 Å². The molecule has 6 heteroatoms. The Balaban J connectivity index is 3.05. The monoisotopic (exact) mass is 258 g/mol. The first kappa shape index (κ1) is 14.4. The highest BCUT2D eigenvalue weighted by atomic mass is 19.1. The zero-order valence-corrected chi connectivity index (χ0v) is 10.3. The number of amides is 1. The van der Waals surface area contributed by atoms with Crippen LogP contribution in [0.2, 0.25) is 0 Å². The summed E-state index contributed by atoms with van der Waals surface area (Å²) in [5.74, 6) is -2.57. The molecule has 0 aliphatic rings. The zero-order valence-electron chi connectivity index (χ0n) is 10.3. The fourth-order valence-electron chi connectivity index (χ4n) is 1.36. The number of carbonyl (C=O) groups is 1. The van der Waals surface area contributed by atoms with Crippen LogP contribution in [0.3, 0.4) is 0 Å². The Bertz CT molecular complexity index is 460. The molecule has 0 spiro atoms. The normalized spacial score (nSPS) is 14.1. The minimum absolute atomic E-state index is 0.304. The average Bonchev–Trinajstić information content (AvgIpc) is 2.33. The van der Waals surface area contributed by atoms with Crippen LogP contribution in [-0.2, 0) is 0 Å². The largest absolute Gasteiger partial charge is 0.396 e. The molecule has 1 aromatic carbocycles. The first-order valence-corrected chi connectivity index (χ1v) is 5.51. The lowest BCUT2D eigenvalue weighted by Gasteiger charge is -2.27. The van der Waals surface area contributed by atoms with Gasteiger partial charge in [-0.3, -0.25) is 4.79 Å². The van der Waals surface area contributed by atoms with E-state index in [9.17, 15) is 13.6 Å². The van der Waals surface area contributed by atoms with E-state index in [1.165, 1.54) is 0 Å². The Labute approximate surface area is 104 Å². The summed E-state index contributed by atoms with van der Waals surface area (Å²) >= 11 is 0. The van der Waals surface area contributed by atoms with Crippen molar-refractivity contribution >= 4 is 11.6 Å². The summed E-state index contributed by atoms with van der Waals surface area (Å²) in [5, 5.41) is 11.6. The number of aliphatic hydroxyl groups excluding tert-OH is 1.